The summed E-state index contributed by atoms with van der Waals surface area (Å²) in [5, 5.41) is 9.40. The Morgan fingerprint density at radius 2 is 2.00 bits per heavy atom. The van der Waals surface area contributed by atoms with Gasteiger partial charge in [0, 0.05) is 15.8 Å². The molecule has 0 radical (unpaired) electrons. The van der Waals surface area contributed by atoms with Gasteiger partial charge in [0.2, 0.25) is 0 Å². The number of hydrogen-bond donors (Lipinski definition) is 0. The number of hydrogen-bond acceptors (Lipinski definition) is 7. The molecule has 0 atom stereocenters. The Morgan fingerprint density at radius 1 is 1.27 bits per heavy atom. The Bertz CT molecular complexity index is 652. The quantitative estimate of drug-likeness (QED) is 0.496. The van der Waals surface area contributed by atoms with E-state index in [-0.39, 0.29) is 11.7 Å². The lowest BCUT2D eigenvalue weighted by Crippen LogP contribution is -2.06. The van der Waals surface area contributed by atoms with Gasteiger partial charge in [0.1, 0.15) is 0 Å². The van der Waals surface area contributed by atoms with E-state index in [1.54, 1.807) is 24.8 Å². The fourth-order valence-electron chi connectivity index (χ4n) is 1.42. The van der Waals surface area contributed by atoms with Crippen molar-refractivity contribution in [1.82, 2.24) is 10.2 Å². The van der Waals surface area contributed by atoms with E-state index < -0.39 is 0 Å². The zero-order valence-electron chi connectivity index (χ0n) is 11.5. The normalized spacial score (nSPS) is 10.7. The summed E-state index contributed by atoms with van der Waals surface area (Å²) in [6, 6.07) is 5.43. The second-order valence-corrected chi connectivity index (χ2v) is 8.22. The number of aromatic nitrogens is 2. The summed E-state index contributed by atoms with van der Waals surface area (Å²) in [4.78, 5) is 11.3. The van der Waals surface area contributed by atoms with Crippen LogP contribution in [0.1, 0.15) is 12.5 Å². The fourth-order valence-corrected chi connectivity index (χ4v) is 4.79. The molecular weight excluding hydrogens is 383 g/mol. The Morgan fingerprint density at radius 3 is 2.68 bits per heavy atom. The number of nitrogens with zero attached hydrogens (tertiary/aromatic N) is 2. The van der Waals surface area contributed by atoms with Crippen molar-refractivity contribution >= 4 is 64.0 Å². The van der Waals surface area contributed by atoms with E-state index in [2.05, 4.69) is 10.2 Å². The molecule has 0 unspecified atom stereocenters. The molecule has 9 heteroatoms. The van der Waals surface area contributed by atoms with Crippen LogP contribution in [0.5, 0.6) is 0 Å². The molecule has 0 aliphatic heterocycles. The van der Waals surface area contributed by atoms with Gasteiger partial charge >= 0.3 is 5.97 Å². The molecule has 22 heavy (non-hydrogen) atoms. The van der Waals surface area contributed by atoms with Crippen molar-refractivity contribution in [3.63, 3.8) is 0 Å². The maximum absolute atomic E-state index is 11.3. The maximum atomic E-state index is 11.3. The average molecular weight is 395 g/mol. The molecule has 1 aromatic heterocycles. The van der Waals surface area contributed by atoms with Crippen LogP contribution in [0, 0.1) is 0 Å². The highest BCUT2D eigenvalue weighted by molar-refractivity contribution is 8.03. The van der Waals surface area contributed by atoms with Gasteiger partial charge in [0.05, 0.1) is 12.4 Å². The van der Waals surface area contributed by atoms with Crippen LogP contribution in [0.25, 0.3) is 0 Å². The van der Waals surface area contributed by atoms with Crippen LogP contribution in [0.4, 0.5) is 0 Å². The molecule has 118 valence electrons. The maximum Gasteiger partial charge on any atom is 0.316 e. The first-order chi connectivity index (χ1) is 10.6. The van der Waals surface area contributed by atoms with E-state index >= 15 is 0 Å². The molecule has 0 bridgehead atoms. The molecule has 1 heterocycles. The van der Waals surface area contributed by atoms with Crippen LogP contribution in [-0.4, -0.2) is 28.5 Å². The van der Waals surface area contributed by atoms with Crippen LogP contribution in [-0.2, 0) is 15.3 Å². The first-order valence-electron chi connectivity index (χ1n) is 6.27. The van der Waals surface area contributed by atoms with Gasteiger partial charge < -0.3 is 4.74 Å². The first kappa shape index (κ1) is 17.9. The molecule has 0 N–H and O–H groups in total. The van der Waals surface area contributed by atoms with E-state index in [1.165, 1.54) is 23.1 Å². The summed E-state index contributed by atoms with van der Waals surface area (Å²) < 4.78 is 6.44. The molecule has 0 fully saturated rings. The van der Waals surface area contributed by atoms with E-state index in [1.807, 2.05) is 12.1 Å². The SMILES string of the molecule is CCOC(=O)CSc1nnc(SCc2ccc(Cl)cc2Cl)s1. The highest BCUT2D eigenvalue weighted by Crippen LogP contribution is 2.32. The molecule has 0 spiro atoms. The fraction of sp³-hybridized carbons (Fsp3) is 0.308. The van der Waals surface area contributed by atoms with Crippen molar-refractivity contribution in [3.8, 4) is 0 Å². The second kappa shape index (κ2) is 8.98. The van der Waals surface area contributed by atoms with Gasteiger partial charge in [-0.15, -0.1) is 10.2 Å². The number of carbonyl (C=O) groups excluding carboxylic acids is 1. The zero-order chi connectivity index (χ0) is 15.9. The van der Waals surface area contributed by atoms with Gasteiger partial charge in [-0.25, -0.2) is 0 Å². The van der Waals surface area contributed by atoms with Gasteiger partial charge in [0.25, 0.3) is 0 Å². The van der Waals surface area contributed by atoms with Crippen molar-refractivity contribution in [3.05, 3.63) is 33.8 Å². The van der Waals surface area contributed by atoms with Gasteiger partial charge in [-0.2, -0.15) is 0 Å². The minimum atomic E-state index is -0.246. The average Bonchev–Trinajstić information content (AvgIpc) is 2.92. The van der Waals surface area contributed by atoms with Crippen LogP contribution >= 0.6 is 58.1 Å². The molecule has 2 rings (SSSR count). The molecular formula is C13H12Cl2N2O2S3. The molecule has 0 aliphatic carbocycles. The third-order valence-corrected chi connectivity index (χ3v) is 6.17. The third-order valence-electron chi connectivity index (χ3n) is 2.37. The lowest BCUT2D eigenvalue weighted by atomic mass is 10.2. The monoisotopic (exact) mass is 394 g/mol. The van der Waals surface area contributed by atoms with Crippen molar-refractivity contribution in [2.45, 2.75) is 21.4 Å². The van der Waals surface area contributed by atoms with Crippen molar-refractivity contribution in [2.75, 3.05) is 12.4 Å². The lowest BCUT2D eigenvalue weighted by Gasteiger charge is -2.02. The van der Waals surface area contributed by atoms with E-state index in [9.17, 15) is 4.79 Å². The smallest absolute Gasteiger partial charge is 0.316 e. The number of halogens is 2. The number of esters is 1. The van der Waals surface area contributed by atoms with E-state index in [0.29, 0.717) is 22.4 Å². The molecule has 1 aromatic carbocycles. The Balaban J connectivity index is 1.85. The lowest BCUT2D eigenvalue weighted by molar-refractivity contribution is -0.139. The predicted molar refractivity (Wildman–Crippen MR) is 93.3 cm³/mol. The largest absolute Gasteiger partial charge is 0.465 e. The number of rotatable bonds is 7. The summed E-state index contributed by atoms with van der Waals surface area (Å²) in [6.45, 7) is 2.17. The Labute approximate surface area is 150 Å². The summed E-state index contributed by atoms with van der Waals surface area (Å²) in [5.41, 5.74) is 0.993. The Kier molecular flexibility index (Phi) is 7.30. The van der Waals surface area contributed by atoms with E-state index in [4.69, 9.17) is 27.9 Å². The number of carbonyl (C=O) groups is 1. The topological polar surface area (TPSA) is 52.1 Å². The van der Waals surface area contributed by atoms with E-state index in [0.717, 1.165) is 14.2 Å². The minimum Gasteiger partial charge on any atom is -0.465 e. The predicted octanol–water partition coefficient (Wildman–Crippen LogP) is 4.79. The number of thioether (sulfide) groups is 2. The summed E-state index contributed by atoms with van der Waals surface area (Å²) in [7, 11) is 0. The summed E-state index contributed by atoms with van der Waals surface area (Å²) >= 11 is 16.3. The van der Waals surface area contributed by atoms with Gasteiger partial charge in [-0.3, -0.25) is 4.79 Å². The van der Waals surface area contributed by atoms with Crippen LogP contribution in [0.15, 0.2) is 26.9 Å². The van der Waals surface area contributed by atoms with Gasteiger partial charge in [0.15, 0.2) is 8.68 Å². The second-order valence-electron chi connectivity index (χ2n) is 3.95. The van der Waals surface area contributed by atoms with Crippen LogP contribution in [0.3, 0.4) is 0 Å². The van der Waals surface area contributed by atoms with Crippen LogP contribution < -0.4 is 0 Å². The molecule has 0 aliphatic rings. The van der Waals surface area contributed by atoms with Gasteiger partial charge in [-0.1, -0.05) is 64.1 Å². The molecule has 2 aromatic rings. The van der Waals surface area contributed by atoms with Crippen molar-refractivity contribution in [1.29, 1.82) is 0 Å². The van der Waals surface area contributed by atoms with Crippen LogP contribution in [0.2, 0.25) is 10.0 Å². The zero-order valence-corrected chi connectivity index (χ0v) is 15.5. The molecule has 0 saturated carbocycles. The minimum absolute atomic E-state index is 0.246. The summed E-state index contributed by atoms with van der Waals surface area (Å²) in [6.07, 6.45) is 0. The first-order valence-corrected chi connectivity index (χ1v) is 9.81. The highest BCUT2D eigenvalue weighted by Gasteiger charge is 2.10. The van der Waals surface area contributed by atoms with Crippen molar-refractivity contribution in [2.24, 2.45) is 0 Å². The molecule has 0 amide bonds. The number of benzene rings is 1. The Hall–Kier alpha value is -0.470. The standard InChI is InChI=1S/C13H12Cl2N2O2S3/c1-2-19-11(18)7-21-13-17-16-12(22-13)20-6-8-3-4-9(14)5-10(8)15/h3-5H,2,6-7H2,1H3. The third kappa shape index (κ3) is 5.62. The summed E-state index contributed by atoms with van der Waals surface area (Å²) in [5.74, 6) is 0.688. The van der Waals surface area contributed by atoms with Gasteiger partial charge in [-0.05, 0) is 24.6 Å². The highest BCUT2D eigenvalue weighted by atomic mass is 35.5. The molecule has 0 saturated heterocycles. The van der Waals surface area contributed by atoms with Crippen molar-refractivity contribution < 1.29 is 9.53 Å². The number of ether oxygens (including phenoxy) is 1. The molecule has 4 nitrogen and oxygen atoms in total.